The first-order valence-corrected chi connectivity index (χ1v) is 6.56. The monoisotopic (exact) mass is 325 g/mol. The van der Waals surface area contributed by atoms with Crippen LogP contribution in [0.25, 0.3) is 0 Å². The SMILES string of the molecule is O=C1c2cc(C(F)(F)F)ccc2CN1Cc1cc(=O)c(O)co1. The maximum absolute atomic E-state index is 12.7. The number of nitrogens with zero attached hydrogens (tertiary/aromatic N) is 1. The summed E-state index contributed by atoms with van der Waals surface area (Å²) in [6.45, 7) is 0.0429. The lowest BCUT2D eigenvalue weighted by Crippen LogP contribution is -2.23. The van der Waals surface area contributed by atoms with Gasteiger partial charge in [0.25, 0.3) is 5.91 Å². The summed E-state index contributed by atoms with van der Waals surface area (Å²) in [5.41, 5.74) is -1.08. The van der Waals surface area contributed by atoms with E-state index in [1.54, 1.807) is 0 Å². The number of aromatic hydroxyl groups is 1. The van der Waals surface area contributed by atoms with Gasteiger partial charge in [0.1, 0.15) is 12.0 Å². The number of fused-ring (bicyclic) bond motifs is 1. The second kappa shape index (κ2) is 5.15. The van der Waals surface area contributed by atoms with E-state index in [0.717, 1.165) is 24.5 Å². The van der Waals surface area contributed by atoms with Gasteiger partial charge in [-0.25, -0.2) is 0 Å². The zero-order valence-corrected chi connectivity index (χ0v) is 11.6. The van der Waals surface area contributed by atoms with E-state index in [9.17, 15) is 22.8 Å². The van der Waals surface area contributed by atoms with E-state index in [-0.39, 0.29) is 24.4 Å². The maximum atomic E-state index is 12.7. The highest BCUT2D eigenvalue weighted by Crippen LogP contribution is 2.33. The van der Waals surface area contributed by atoms with Gasteiger partial charge in [-0.05, 0) is 17.7 Å². The van der Waals surface area contributed by atoms with Gasteiger partial charge in [0, 0.05) is 18.2 Å². The van der Waals surface area contributed by atoms with Gasteiger partial charge in [-0.15, -0.1) is 0 Å². The van der Waals surface area contributed by atoms with Crippen molar-refractivity contribution < 1.29 is 27.5 Å². The van der Waals surface area contributed by atoms with Crippen molar-refractivity contribution in [3.8, 4) is 5.75 Å². The first-order chi connectivity index (χ1) is 10.8. The fraction of sp³-hybridized carbons (Fsp3) is 0.200. The highest BCUT2D eigenvalue weighted by molar-refractivity contribution is 5.98. The van der Waals surface area contributed by atoms with Gasteiger partial charge in [0.2, 0.25) is 5.43 Å². The van der Waals surface area contributed by atoms with E-state index >= 15 is 0 Å². The summed E-state index contributed by atoms with van der Waals surface area (Å²) in [6.07, 6.45) is -3.67. The van der Waals surface area contributed by atoms with Gasteiger partial charge in [0.05, 0.1) is 12.1 Å². The molecular formula is C15H10F3NO4. The zero-order chi connectivity index (χ0) is 16.8. The predicted octanol–water partition coefficient (Wildman–Crippen LogP) is 2.52. The number of carbonyl (C=O) groups excluding carboxylic acids is 1. The molecule has 0 saturated heterocycles. The van der Waals surface area contributed by atoms with Crippen molar-refractivity contribution in [2.45, 2.75) is 19.3 Å². The van der Waals surface area contributed by atoms with E-state index in [0.29, 0.717) is 5.56 Å². The predicted molar refractivity (Wildman–Crippen MR) is 71.7 cm³/mol. The third-order valence-corrected chi connectivity index (χ3v) is 3.53. The Morgan fingerprint density at radius 2 is 1.96 bits per heavy atom. The smallest absolute Gasteiger partial charge is 0.416 e. The molecular weight excluding hydrogens is 315 g/mol. The summed E-state index contributed by atoms with van der Waals surface area (Å²) in [7, 11) is 0. The van der Waals surface area contributed by atoms with Gasteiger partial charge < -0.3 is 14.4 Å². The number of benzene rings is 1. The van der Waals surface area contributed by atoms with Crippen molar-refractivity contribution in [2.24, 2.45) is 0 Å². The van der Waals surface area contributed by atoms with Crippen molar-refractivity contribution in [3.05, 3.63) is 63.2 Å². The Hall–Kier alpha value is -2.77. The summed E-state index contributed by atoms with van der Waals surface area (Å²) in [5.74, 6) is -0.994. The molecule has 8 heteroatoms. The second-order valence-corrected chi connectivity index (χ2v) is 5.13. The molecule has 1 aromatic carbocycles. The number of hydrogen-bond donors (Lipinski definition) is 1. The number of halogens is 3. The Labute approximate surface area is 127 Å². The van der Waals surface area contributed by atoms with Crippen molar-refractivity contribution in [3.63, 3.8) is 0 Å². The summed E-state index contributed by atoms with van der Waals surface area (Å²) < 4.78 is 43.1. The van der Waals surface area contributed by atoms with Crippen molar-refractivity contribution >= 4 is 5.91 Å². The van der Waals surface area contributed by atoms with Crippen LogP contribution in [0.2, 0.25) is 0 Å². The van der Waals surface area contributed by atoms with E-state index in [4.69, 9.17) is 9.52 Å². The molecule has 0 atom stereocenters. The van der Waals surface area contributed by atoms with E-state index in [2.05, 4.69) is 0 Å². The molecule has 1 aliphatic rings. The second-order valence-electron chi connectivity index (χ2n) is 5.13. The topological polar surface area (TPSA) is 70.8 Å². The van der Waals surface area contributed by atoms with Gasteiger partial charge in [-0.1, -0.05) is 6.07 Å². The summed E-state index contributed by atoms with van der Waals surface area (Å²) in [5, 5.41) is 9.11. The van der Waals surface area contributed by atoms with Crippen LogP contribution in [0.4, 0.5) is 13.2 Å². The molecule has 2 heterocycles. The quantitative estimate of drug-likeness (QED) is 0.921. The molecule has 5 nitrogen and oxygen atoms in total. The zero-order valence-electron chi connectivity index (χ0n) is 11.6. The maximum Gasteiger partial charge on any atom is 0.416 e. The van der Waals surface area contributed by atoms with E-state index in [1.165, 1.54) is 11.0 Å². The fourth-order valence-corrected chi connectivity index (χ4v) is 2.38. The Kier molecular flexibility index (Phi) is 3.39. The summed E-state index contributed by atoms with van der Waals surface area (Å²) >= 11 is 0. The molecule has 0 radical (unpaired) electrons. The third kappa shape index (κ3) is 2.79. The molecule has 1 N–H and O–H groups in total. The van der Waals surface area contributed by atoms with Crippen LogP contribution in [0.15, 0.2) is 39.7 Å². The van der Waals surface area contributed by atoms with Gasteiger partial charge >= 0.3 is 6.18 Å². The van der Waals surface area contributed by atoms with Crippen LogP contribution >= 0.6 is 0 Å². The molecule has 0 bridgehead atoms. The number of amides is 1. The lowest BCUT2D eigenvalue weighted by atomic mass is 10.1. The molecule has 0 aliphatic carbocycles. The number of carbonyl (C=O) groups is 1. The van der Waals surface area contributed by atoms with Crippen LogP contribution in [0.3, 0.4) is 0 Å². The van der Waals surface area contributed by atoms with Gasteiger partial charge in [0.15, 0.2) is 5.75 Å². The average molecular weight is 325 g/mol. The number of alkyl halides is 3. The lowest BCUT2D eigenvalue weighted by Gasteiger charge is -2.14. The average Bonchev–Trinajstić information content (AvgIpc) is 2.78. The first kappa shape index (κ1) is 15.1. The molecule has 2 aromatic rings. The molecule has 0 saturated carbocycles. The van der Waals surface area contributed by atoms with Crippen molar-refractivity contribution in [1.29, 1.82) is 0 Å². The number of hydrogen-bond acceptors (Lipinski definition) is 4. The third-order valence-electron chi connectivity index (χ3n) is 3.53. The Morgan fingerprint density at radius 1 is 1.22 bits per heavy atom. The van der Waals surface area contributed by atoms with Crippen LogP contribution in [0.1, 0.15) is 27.2 Å². The molecule has 1 amide bonds. The molecule has 0 spiro atoms. The Balaban J connectivity index is 1.86. The van der Waals surface area contributed by atoms with Crippen molar-refractivity contribution in [2.75, 3.05) is 0 Å². The summed E-state index contributed by atoms with van der Waals surface area (Å²) in [6, 6.07) is 4.05. The van der Waals surface area contributed by atoms with Crippen LogP contribution in [0.5, 0.6) is 5.75 Å². The minimum Gasteiger partial charge on any atom is -0.502 e. The van der Waals surface area contributed by atoms with Gasteiger partial charge in [-0.2, -0.15) is 13.2 Å². The van der Waals surface area contributed by atoms with E-state index < -0.39 is 28.8 Å². The molecule has 1 aliphatic heterocycles. The Morgan fingerprint density at radius 3 is 2.61 bits per heavy atom. The highest BCUT2D eigenvalue weighted by Gasteiger charge is 2.35. The molecule has 0 unspecified atom stereocenters. The summed E-state index contributed by atoms with van der Waals surface area (Å²) in [4.78, 5) is 24.8. The van der Waals surface area contributed by atoms with Crippen LogP contribution < -0.4 is 5.43 Å². The van der Waals surface area contributed by atoms with Crippen LogP contribution in [-0.4, -0.2) is 15.9 Å². The van der Waals surface area contributed by atoms with Crippen LogP contribution in [0, 0.1) is 0 Å². The molecule has 1 aromatic heterocycles. The fourth-order valence-electron chi connectivity index (χ4n) is 2.38. The molecule has 0 fully saturated rings. The standard InChI is InChI=1S/C15H10F3NO4/c16-15(17,18)9-2-1-8-5-19(14(22)11(8)3-9)6-10-4-12(20)13(21)7-23-10/h1-4,7,21H,5-6H2. The Bertz CT molecular complexity index is 841. The molecule has 3 rings (SSSR count). The van der Waals surface area contributed by atoms with Crippen molar-refractivity contribution in [1.82, 2.24) is 4.90 Å². The normalized spacial score (nSPS) is 14.2. The van der Waals surface area contributed by atoms with Gasteiger partial charge in [-0.3, -0.25) is 9.59 Å². The largest absolute Gasteiger partial charge is 0.502 e. The first-order valence-electron chi connectivity index (χ1n) is 6.56. The number of rotatable bonds is 2. The van der Waals surface area contributed by atoms with E-state index in [1.807, 2.05) is 0 Å². The van der Waals surface area contributed by atoms with Crippen LogP contribution in [-0.2, 0) is 19.3 Å². The highest BCUT2D eigenvalue weighted by atomic mass is 19.4. The minimum absolute atomic E-state index is 0.0130. The molecule has 120 valence electrons. The minimum atomic E-state index is -4.52. The lowest BCUT2D eigenvalue weighted by molar-refractivity contribution is -0.137. The molecule has 23 heavy (non-hydrogen) atoms.